The van der Waals surface area contributed by atoms with Gasteiger partial charge in [0.25, 0.3) is 0 Å². The maximum absolute atomic E-state index is 5.51. The Morgan fingerprint density at radius 3 is 2.95 bits per heavy atom. The molecular weight excluding hydrogens is 350 g/mol. The third-order valence-corrected chi connectivity index (χ3v) is 4.31. The molecule has 0 atom stereocenters. The van der Waals surface area contributed by atoms with Gasteiger partial charge in [0.1, 0.15) is 11.6 Å². The lowest BCUT2D eigenvalue weighted by molar-refractivity contribution is 0.341. The van der Waals surface area contributed by atoms with Crippen LogP contribution in [-0.4, -0.2) is 16.6 Å². The third-order valence-electron chi connectivity index (χ3n) is 2.94. The predicted octanol–water partition coefficient (Wildman–Crippen LogP) is 4.90. The number of benzene rings is 1. The maximum atomic E-state index is 5.51. The van der Waals surface area contributed by atoms with Crippen molar-refractivity contribution in [2.24, 2.45) is 0 Å². The number of pyridine rings is 1. The molecule has 0 saturated carbocycles. The molecule has 0 spiro atoms. The van der Waals surface area contributed by atoms with E-state index < -0.39 is 0 Å². The predicted molar refractivity (Wildman–Crippen MR) is 90.7 cm³/mol. The van der Waals surface area contributed by atoms with Crippen molar-refractivity contribution >= 4 is 48.4 Å². The minimum Gasteiger partial charge on any atom is -0.494 e. The van der Waals surface area contributed by atoms with Crippen molar-refractivity contribution in [1.82, 2.24) is 9.97 Å². The van der Waals surface area contributed by atoms with Gasteiger partial charge in [-0.1, -0.05) is 11.3 Å². The van der Waals surface area contributed by atoms with Crippen LogP contribution in [-0.2, 0) is 0 Å². The van der Waals surface area contributed by atoms with Crippen LogP contribution < -0.4 is 10.1 Å². The lowest BCUT2D eigenvalue weighted by Gasteiger charge is -2.05. The number of fused-ring (bicyclic) bond motifs is 1. The summed E-state index contributed by atoms with van der Waals surface area (Å²) in [5.74, 6) is 1.69. The molecule has 0 radical (unpaired) electrons. The molecule has 108 valence electrons. The highest BCUT2D eigenvalue weighted by Crippen LogP contribution is 2.31. The number of aromatic nitrogens is 2. The summed E-state index contributed by atoms with van der Waals surface area (Å²) in [4.78, 5) is 8.95. The quantitative estimate of drug-likeness (QED) is 0.715. The van der Waals surface area contributed by atoms with Gasteiger partial charge in [-0.3, -0.25) is 0 Å². The second-order valence-corrected chi connectivity index (χ2v) is 6.47. The van der Waals surface area contributed by atoms with E-state index in [0.29, 0.717) is 6.61 Å². The van der Waals surface area contributed by atoms with Crippen LogP contribution >= 0.6 is 27.3 Å². The normalized spacial score (nSPS) is 10.8. The molecule has 0 aliphatic heterocycles. The van der Waals surface area contributed by atoms with Crippen molar-refractivity contribution in [3.05, 3.63) is 40.5 Å². The van der Waals surface area contributed by atoms with Crippen LogP contribution in [0.2, 0.25) is 0 Å². The average molecular weight is 364 g/mol. The van der Waals surface area contributed by atoms with Crippen LogP contribution in [0.4, 0.5) is 10.9 Å². The molecule has 21 heavy (non-hydrogen) atoms. The lowest BCUT2D eigenvalue weighted by atomic mass is 10.3. The van der Waals surface area contributed by atoms with Gasteiger partial charge >= 0.3 is 0 Å². The number of hydrogen-bond donors (Lipinski definition) is 1. The Kier molecular flexibility index (Phi) is 4.07. The monoisotopic (exact) mass is 363 g/mol. The maximum Gasteiger partial charge on any atom is 0.189 e. The Morgan fingerprint density at radius 2 is 2.19 bits per heavy atom. The van der Waals surface area contributed by atoms with E-state index >= 15 is 0 Å². The van der Waals surface area contributed by atoms with Gasteiger partial charge in [0.2, 0.25) is 0 Å². The van der Waals surface area contributed by atoms with E-state index in [9.17, 15) is 0 Å². The molecule has 2 heterocycles. The Balaban J connectivity index is 1.90. The number of thiazole rings is 1. The molecule has 0 fully saturated rings. The minimum atomic E-state index is 0.664. The van der Waals surface area contributed by atoms with Crippen LogP contribution in [0.25, 0.3) is 10.2 Å². The van der Waals surface area contributed by atoms with Crippen molar-refractivity contribution in [3.8, 4) is 5.75 Å². The van der Waals surface area contributed by atoms with Gasteiger partial charge < -0.3 is 10.1 Å². The standard InChI is InChI=1S/C15H14BrN3OS/c1-3-20-11-4-5-12-13(7-11)21-15(18-12)19-14-9(2)6-10(16)8-17-14/h4-8H,3H2,1-2H3,(H,17,18,19). The number of rotatable bonds is 4. The largest absolute Gasteiger partial charge is 0.494 e. The Morgan fingerprint density at radius 1 is 1.33 bits per heavy atom. The molecule has 2 aromatic heterocycles. The number of ether oxygens (including phenoxy) is 1. The van der Waals surface area contributed by atoms with Gasteiger partial charge in [-0.2, -0.15) is 0 Å². The summed E-state index contributed by atoms with van der Waals surface area (Å²) < 4.78 is 7.58. The molecule has 0 aliphatic carbocycles. The zero-order valence-electron chi connectivity index (χ0n) is 11.7. The van der Waals surface area contributed by atoms with Crippen molar-refractivity contribution in [2.75, 3.05) is 11.9 Å². The van der Waals surface area contributed by atoms with E-state index in [1.165, 1.54) is 0 Å². The lowest BCUT2D eigenvalue weighted by Crippen LogP contribution is -1.95. The van der Waals surface area contributed by atoms with Crippen molar-refractivity contribution in [3.63, 3.8) is 0 Å². The zero-order chi connectivity index (χ0) is 14.8. The Bertz CT molecular complexity index is 788. The molecule has 0 amide bonds. The van der Waals surface area contributed by atoms with E-state index in [2.05, 4.69) is 31.2 Å². The molecule has 0 aliphatic rings. The molecule has 1 aromatic carbocycles. The van der Waals surface area contributed by atoms with Gasteiger partial charge in [-0.15, -0.1) is 0 Å². The first-order valence-corrected chi connectivity index (χ1v) is 8.19. The highest BCUT2D eigenvalue weighted by atomic mass is 79.9. The van der Waals surface area contributed by atoms with E-state index in [-0.39, 0.29) is 0 Å². The van der Waals surface area contributed by atoms with Crippen LogP contribution in [0.15, 0.2) is 34.9 Å². The molecule has 1 N–H and O–H groups in total. The first kappa shape index (κ1) is 14.3. The van der Waals surface area contributed by atoms with Crippen LogP contribution in [0.5, 0.6) is 5.75 Å². The van der Waals surface area contributed by atoms with Gasteiger partial charge in [0.05, 0.1) is 16.8 Å². The van der Waals surface area contributed by atoms with E-state index in [4.69, 9.17) is 4.74 Å². The minimum absolute atomic E-state index is 0.664. The number of anilines is 2. The number of nitrogens with zero attached hydrogens (tertiary/aromatic N) is 2. The first-order chi connectivity index (χ1) is 10.2. The molecule has 0 unspecified atom stereocenters. The average Bonchev–Trinajstić information content (AvgIpc) is 2.84. The van der Waals surface area contributed by atoms with Gasteiger partial charge in [0, 0.05) is 10.7 Å². The first-order valence-electron chi connectivity index (χ1n) is 6.58. The SMILES string of the molecule is CCOc1ccc2nc(Nc3ncc(Br)cc3C)sc2c1. The number of hydrogen-bond acceptors (Lipinski definition) is 5. The van der Waals surface area contributed by atoms with E-state index in [1.807, 2.05) is 38.1 Å². The molecule has 6 heteroatoms. The smallest absolute Gasteiger partial charge is 0.189 e. The van der Waals surface area contributed by atoms with Gasteiger partial charge in [0.15, 0.2) is 5.13 Å². The fourth-order valence-corrected chi connectivity index (χ4v) is 3.33. The second-order valence-electron chi connectivity index (χ2n) is 4.53. The van der Waals surface area contributed by atoms with E-state index in [0.717, 1.165) is 37.0 Å². The van der Waals surface area contributed by atoms with Crippen molar-refractivity contribution in [2.45, 2.75) is 13.8 Å². The Hall–Kier alpha value is -1.66. The third kappa shape index (κ3) is 3.16. The summed E-state index contributed by atoms with van der Waals surface area (Å²) in [5.41, 5.74) is 2.03. The van der Waals surface area contributed by atoms with Gasteiger partial charge in [-0.05, 0) is 59.6 Å². The molecule has 3 aromatic rings. The van der Waals surface area contributed by atoms with Crippen molar-refractivity contribution < 1.29 is 4.74 Å². The molecule has 3 rings (SSSR count). The Labute approximate surface area is 135 Å². The zero-order valence-corrected chi connectivity index (χ0v) is 14.1. The molecular formula is C15H14BrN3OS. The summed E-state index contributed by atoms with van der Waals surface area (Å²) in [7, 11) is 0. The van der Waals surface area contributed by atoms with Crippen LogP contribution in [0.3, 0.4) is 0 Å². The summed E-state index contributed by atoms with van der Waals surface area (Å²) in [6.45, 7) is 4.66. The summed E-state index contributed by atoms with van der Waals surface area (Å²) in [6.07, 6.45) is 1.77. The molecule has 4 nitrogen and oxygen atoms in total. The fraction of sp³-hybridized carbons (Fsp3) is 0.200. The highest BCUT2D eigenvalue weighted by molar-refractivity contribution is 9.10. The molecule has 0 bridgehead atoms. The van der Waals surface area contributed by atoms with Crippen LogP contribution in [0.1, 0.15) is 12.5 Å². The van der Waals surface area contributed by atoms with Gasteiger partial charge in [-0.25, -0.2) is 9.97 Å². The summed E-state index contributed by atoms with van der Waals surface area (Å²) in [5, 5.41) is 4.11. The number of halogens is 1. The number of nitrogens with one attached hydrogen (secondary N) is 1. The second kappa shape index (κ2) is 5.99. The summed E-state index contributed by atoms with van der Waals surface area (Å²) >= 11 is 5.01. The highest BCUT2D eigenvalue weighted by Gasteiger charge is 2.08. The number of aryl methyl sites for hydroxylation is 1. The fourth-order valence-electron chi connectivity index (χ4n) is 1.99. The summed E-state index contributed by atoms with van der Waals surface area (Å²) in [6, 6.07) is 7.96. The molecule has 0 saturated heterocycles. The van der Waals surface area contributed by atoms with Crippen molar-refractivity contribution in [1.29, 1.82) is 0 Å². The van der Waals surface area contributed by atoms with E-state index in [1.54, 1.807) is 17.5 Å². The topological polar surface area (TPSA) is 47.0 Å². The van der Waals surface area contributed by atoms with Crippen LogP contribution in [0, 0.1) is 6.92 Å².